The van der Waals surface area contributed by atoms with Gasteiger partial charge in [0.15, 0.2) is 0 Å². The van der Waals surface area contributed by atoms with Gasteiger partial charge in [0.25, 0.3) is 0 Å². The van der Waals surface area contributed by atoms with Gasteiger partial charge >= 0.3 is 0 Å². The zero-order valence-corrected chi connectivity index (χ0v) is 10.9. The molecule has 3 heteroatoms. The minimum atomic E-state index is 0.528. The SMILES string of the molecule is CCOc1cccc2c1NCCC(C(C)C)N2. The summed E-state index contributed by atoms with van der Waals surface area (Å²) in [5.41, 5.74) is 2.27. The number of fused-ring (bicyclic) bond motifs is 1. The van der Waals surface area contributed by atoms with E-state index in [-0.39, 0.29) is 0 Å². The average molecular weight is 234 g/mol. The van der Waals surface area contributed by atoms with Crippen LogP contribution in [0, 0.1) is 5.92 Å². The van der Waals surface area contributed by atoms with Crippen molar-refractivity contribution < 1.29 is 4.74 Å². The summed E-state index contributed by atoms with van der Waals surface area (Å²) in [5.74, 6) is 1.58. The molecule has 1 heterocycles. The van der Waals surface area contributed by atoms with Crippen LogP contribution in [-0.2, 0) is 0 Å². The summed E-state index contributed by atoms with van der Waals surface area (Å²) in [5, 5.41) is 7.09. The van der Waals surface area contributed by atoms with E-state index in [0.29, 0.717) is 18.6 Å². The Hall–Kier alpha value is -1.38. The first-order valence-corrected chi connectivity index (χ1v) is 6.48. The van der Waals surface area contributed by atoms with Crippen LogP contribution in [0.1, 0.15) is 27.2 Å². The third-order valence-electron chi connectivity index (χ3n) is 3.23. The van der Waals surface area contributed by atoms with Crippen LogP contribution >= 0.6 is 0 Å². The fraction of sp³-hybridized carbons (Fsp3) is 0.571. The van der Waals surface area contributed by atoms with E-state index in [1.54, 1.807) is 0 Å². The molecule has 0 spiro atoms. The molecule has 0 aromatic heterocycles. The lowest BCUT2D eigenvalue weighted by Crippen LogP contribution is -2.25. The highest BCUT2D eigenvalue weighted by atomic mass is 16.5. The van der Waals surface area contributed by atoms with E-state index in [9.17, 15) is 0 Å². The molecule has 1 aromatic carbocycles. The third kappa shape index (κ3) is 2.65. The molecular weight excluding hydrogens is 212 g/mol. The Morgan fingerprint density at radius 2 is 2.24 bits per heavy atom. The summed E-state index contributed by atoms with van der Waals surface area (Å²) in [4.78, 5) is 0. The van der Waals surface area contributed by atoms with Crippen molar-refractivity contribution in [3.8, 4) is 5.75 Å². The molecule has 0 aliphatic carbocycles. The van der Waals surface area contributed by atoms with Crippen molar-refractivity contribution in [1.29, 1.82) is 0 Å². The molecule has 1 aliphatic rings. The predicted octanol–water partition coefficient (Wildman–Crippen LogP) is 3.34. The Balaban J connectivity index is 2.27. The summed E-state index contributed by atoms with van der Waals surface area (Å²) in [6, 6.07) is 6.71. The standard InChI is InChI=1S/C14H22N2O/c1-4-17-13-7-5-6-12-14(13)15-9-8-11(16-12)10(2)3/h5-7,10-11,15-16H,4,8-9H2,1-3H3. The number of hydrogen-bond acceptors (Lipinski definition) is 3. The Morgan fingerprint density at radius 3 is 2.94 bits per heavy atom. The highest BCUT2D eigenvalue weighted by Crippen LogP contribution is 2.35. The van der Waals surface area contributed by atoms with Crippen molar-refractivity contribution >= 4 is 11.4 Å². The van der Waals surface area contributed by atoms with Gasteiger partial charge in [0.05, 0.1) is 12.3 Å². The second-order valence-corrected chi connectivity index (χ2v) is 4.82. The van der Waals surface area contributed by atoms with Crippen molar-refractivity contribution in [3.05, 3.63) is 18.2 Å². The topological polar surface area (TPSA) is 33.3 Å². The first-order chi connectivity index (χ1) is 8.22. The molecule has 0 fully saturated rings. The fourth-order valence-electron chi connectivity index (χ4n) is 2.23. The first-order valence-electron chi connectivity index (χ1n) is 6.48. The number of para-hydroxylation sites is 1. The van der Waals surface area contributed by atoms with Crippen LogP contribution in [0.3, 0.4) is 0 Å². The van der Waals surface area contributed by atoms with Crippen LogP contribution in [0.4, 0.5) is 11.4 Å². The Labute approximate surface area is 104 Å². The molecule has 2 N–H and O–H groups in total. The van der Waals surface area contributed by atoms with Crippen LogP contribution in [-0.4, -0.2) is 19.2 Å². The van der Waals surface area contributed by atoms with Gasteiger partial charge in [-0.3, -0.25) is 0 Å². The summed E-state index contributed by atoms with van der Waals surface area (Å²) < 4.78 is 5.65. The molecule has 1 aromatic rings. The molecule has 94 valence electrons. The predicted molar refractivity (Wildman–Crippen MR) is 73.0 cm³/mol. The summed E-state index contributed by atoms with van der Waals surface area (Å²) >= 11 is 0. The van der Waals surface area contributed by atoms with Crippen LogP contribution in [0.2, 0.25) is 0 Å². The van der Waals surface area contributed by atoms with Gasteiger partial charge in [-0.2, -0.15) is 0 Å². The quantitative estimate of drug-likeness (QED) is 0.841. The molecule has 0 bridgehead atoms. The maximum Gasteiger partial charge on any atom is 0.144 e. The second-order valence-electron chi connectivity index (χ2n) is 4.82. The van der Waals surface area contributed by atoms with Crippen LogP contribution in [0.15, 0.2) is 18.2 Å². The van der Waals surface area contributed by atoms with Gasteiger partial charge in [-0.15, -0.1) is 0 Å². The molecule has 17 heavy (non-hydrogen) atoms. The molecule has 0 saturated heterocycles. The molecular formula is C14H22N2O. The highest BCUT2D eigenvalue weighted by molar-refractivity contribution is 5.76. The number of nitrogens with one attached hydrogen (secondary N) is 2. The van der Waals surface area contributed by atoms with Crippen LogP contribution in [0.25, 0.3) is 0 Å². The van der Waals surface area contributed by atoms with Gasteiger partial charge < -0.3 is 15.4 Å². The molecule has 0 saturated carbocycles. The van der Waals surface area contributed by atoms with Gasteiger partial charge in [-0.05, 0) is 31.4 Å². The van der Waals surface area contributed by atoms with E-state index < -0.39 is 0 Å². The summed E-state index contributed by atoms with van der Waals surface area (Å²) in [6.07, 6.45) is 1.14. The maximum absolute atomic E-state index is 5.65. The lowest BCUT2D eigenvalue weighted by atomic mass is 10.0. The lowest BCUT2D eigenvalue weighted by Gasteiger charge is -2.21. The molecule has 1 aliphatic heterocycles. The second kappa shape index (κ2) is 5.30. The Morgan fingerprint density at radius 1 is 1.41 bits per heavy atom. The summed E-state index contributed by atoms with van der Waals surface area (Å²) in [6.45, 7) is 8.23. The Kier molecular flexibility index (Phi) is 3.77. The van der Waals surface area contributed by atoms with Gasteiger partial charge in [-0.1, -0.05) is 19.9 Å². The van der Waals surface area contributed by atoms with Crippen molar-refractivity contribution in [1.82, 2.24) is 0 Å². The highest BCUT2D eigenvalue weighted by Gasteiger charge is 2.20. The molecule has 1 unspecified atom stereocenters. The Bertz CT molecular complexity index is 376. The smallest absolute Gasteiger partial charge is 0.144 e. The zero-order chi connectivity index (χ0) is 12.3. The third-order valence-corrected chi connectivity index (χ3v) is 3.23. The molecule has 1 atom stereocenters. The molecule has 0 radical (unpaired) electrons. The molecule has 2 rings (SSSR count). The normalized spacial score (nSPS) is 18.9. The average Bonchev–Trinajstić information content (AvgIpc) is 2.52. The lowest BCUT2D eigenvalue weighted by molar-refractivity contribution is 0.342. The zero-order valence-electron chi connectivity index (χ0n) is 10.9. The minimum absolute atomic E-state index is 0.528. The van der Waals surface area contributed by atoms with E-state index in [1.807, 2.05) is 19.1 Å². The number of hydrogen-bond donors (Lipinski definition) is 2. The van der Waals surface area contributed by atoms with E-state index in [0.717, 1.165) is 30.1 Å². The largest absolute Gasteiger partial charge is 0.492 e. The minimum Gasteiger partial charge on any atom is -0.492 e. The molecule has 3 nitrogen and oxygen atoms in total. The van der Waals surface area contributed by atoms with Crippen LogP contribution in [0.5, 0.6) is 5.75 Å². The molecule has 0 amide bonds. The summed E-state index contributed by atoms with van der Waals surface area (Å²) in [7, 11) is 0. The van der Waals surface area contributed by atoms with E-state index in [2.05, 4.69) is 30.5 Å². The van der Waals surface area contributed by atoms with E-state index in [1.165, 1.54) is 0 Å². The fourth-order valence-corrected chi connectivity index (χ4v) is 2.23. The number of ether oxygens (including phenoxy) is 1. The number of benzene rings is 1. The van der Waals surface area contributed by atoms with E-state index in [4.69, 9.17) is 4.74 Å². The van der Waals surface area contributed by atoms with Crippen molar-refractivity contribution in [2.45, 2.75) is 33.2 Å². The van der Waals surface area contributed by atoms with E-state index >= 15 is 0 Å². The van der Waals surface area contributed by atoms with Gasteiger partial charge in [-0.25, -0.2) is 0 Å². The van der Waals surface area contributed by atoms with Gasteiger partial charge in [0.2, 0.25) is 0 Å². The van der Waals surface area contributed by atoms with Gasteiger partial charge in [0.1, 0.15) is 11.4 Å². The monoisotopic (exact) mass is 234 g/mol. The van der Waals surface area contributed by atoms with Gasteiger partial charge in [0, 0.05) is 12.6 Å². The van der Waals surface area contributed by atoms with Crippen molar-refractivity contribution in [2.24, 2.45) is 5.92 Å². The number of anilines is 2. The van der Waals surface area contributed by atoms with Crippen molar-refractivity contribution in [2.75, 3.05) is 23.8 Å². The van der Waals surface area contributed by atoms with Crippen LogP contribution < -0.4 is 15.4 Å². The maximum atomic E-state index is 5.65. The van der Waals surface area contributed by atoms with Crippen molar-refractivity contribution in [3.63, 3.8) is 0 Å². The first kappa shape index (κ1) is 12.1. The number of rotatable bonds is 3.